The Balaban J connectivity index is 1.53. The van der Waals surface area contributed by atoms with Gasteiger partial charge in [-0.05, 0) is 50.5 Å². The lowest BCUT2D eigenvalue weighted by molar-refractivity contribution is -0.164. The zero-order valence-electron chi connectivity index (χ0n) is 20.3. The van der Waals surface area contributed by atoms with Crippen molar-refractivity contribution >= 4 is 16.9 Å². The number of carboxylic acids is 1. The predicted octanol–water partition coefficient (Wildman–Crippen LogP) is 4.78. The Hall–Kier alpha value is -3.65. The Morgan fingerprint density at radius 2 is 2.00 bits per heavy atom. The van der Waals surface area contributed by atoms with Gasteiger partial charge < -0.3 is 14.6 Å². The molecular weight excluding hydrogens is 444 g/mol. The largest absolute Gasteiger partial charge is 0.490 e. The van der Waals surface area contributed by atoms with Gasteiger partial charge in [-0.25, -0.2) is 9.48 Å². The van der Waals surface area contributed by atoms with E-state index in [4.69, 9.17) is 14.6 Å². The topological polar surface area (TPSA) is 91.4 Å². The fourth-order valence-electron chi connectivity index (χ4n) is 4.13. The molecule has 0 spiro atoms. The maximum atomic E-state index is 11.6. The number of hydrogen-bond acceptors (Lipinski definition) is 5. The zero-order valence-corrected chi connectivity index (χ0v) is 20.3. The predicted molar refractivity (Wildman–Crippen MR) is 133 cm³/mol. The summed E-state index contributed by atoms with van der Waals surface area (Å²) < 4.78 is 15.6. The highest BCUT2D eigenvalue weighted by atomic mass is 16.5. The number of benzene rings is 2. The summed E-state index contributed by atoms with van der Waals surface area (Å²) in [4.78, 5) is 11.6. The van der Waals surface area contributed by atoms with Crippen LogP contribution in [0.5, 0.6) is 5.75 Å². The summed E-state index contributed by atoms with van der Waals surface area (Å²) in [5, 5.41) is 19.9. The lowest BCUT2D eigenvalue weighted by Gasteiger charge is -2.23. The number of aliphatic carboxylic acids is 1. The van der Waals surface area contributed by atoms with Crippen LogP contribution in [0, 0.1) is 0 Å². The third-order valence-electron chi connectivity index (χ3n) is 6.59. The van der Waals surface area contributed by atoms with E-state index in [9.17, 15) is 9.90 Å². The number of carboxylic acid groups (broad SMARTS) is 1. The summed E-state index contributed by atoms with van der Waals surface area (Å²) in [6.45, 7) is 3.67. The Bertz CT molecular complexity index is 1370. The molecule has 1 unspecified atom stereocenters. The van der Waals surface area contributed by atoms with Gasteiger partial charge >= 0.3 is 5.97 Å². The normalized spacial score (nSPS) is 15.3. The van der Waals surface area contributed by atoms with Crippen LogP contribution in [0.4, 0.5) is 0 Å². The Morgan fingerprint density at radius 3 is 2.74 bits per heavy atom. The molecule has 2 aromatic heterocycles. The van der Waals surface area contributed by atoms with E-state index in [0.29, 0.717) is 18.9 Å². The van der Waals surface area contributed by atoms with Crippen molar-refractivity contribution in [2.45, 2.75) is 51.2 Å². The molecule has 0 amide bonds. The number of hydrogen-bond donors (Lipinski definition) is 1. The van der Waals surface area contributed by atoms with E-state index in [1.807, 2.05) is 72.0 Å². The summed E-state index contributed by atoms with van der Waals surface area (Å²) in [6.07, 6.45) is 5.23. The van der Waals surface area contributed by atoms with Crippen molar-refractivity contribution in [3.8, 4) is 22.7 Å². The molecule has 1 atom stereocenters. The summed E-state index contributed by atoms with van der Waals surface area (Å²) in [7, 11) is 1.92. The standard InChI is InChI=1S/C27H30N4O4/c1-4-27(2,26(32)33)34-14-13-20-16-24(18-7-5-9-22(15-18)35-21-11-12-21)31(29-20)23-10-6-8-19-17-28-30(3)25(19)23/h5-10,15-17,21H,4,11-14H2,1-3H3,(H,32,33). The molecular formula is C27H30N4O4. The molecule has 0 bridgehead atoms. The highest BCUT2D eigenvalue weighted by molar-refractivity contribution is 5.87. The lowest BCUT2D eigenvalue weighted by atomic mass is 10.0. The van der Waals surface area contributed by atoms with Gasteiger partial charge in [0.15, 0.2) is 5.60 Å². The van der Waals surface area contributed by atoms with Crippen molar-refractivity contribution in [3.63, 3.8) is 0 Å². The molecule has 2 aromatic carbocycles. The van der Waals surface area contributed by atoms with Gasteiger partial charge in [0.2, 0.25) is 0 Å². The maximum absolute atomic E-state index is 11.6. The summed E-state index contributed by atoms with van der Waals surface area (Å²) in [5.41, 5.74) is 3.42. The van der Waals surface area contributed by atoms with Crippen LogP contribution in [0.15, 0.2) is 54.7 Å². The van der Waals surface area contributed by atoms with Gasteiger partial charge in [-0.1, -0.05) is 31.2 Å². The van der Waals surface area contributed by atoms with Gasteiger partial charge in [-0.15, -0.1) is 0 Å². The molecule has 8 nitrogen and oxygen atoms in total. The molecule has 8 heteroatoms. The van der Waals surface area contributed by atoms with Gasteiger partial charge in [0.25, 0.3) is 0 Å². The average Bonchev–Trinajstić information content (AvgIpc) is 3.43. The second kappa shape index (κ2) is 9.19. The van der Waals surface area contributed by atoms with E-state index < -0.39 is 11.6 Å². The van der Waals surface area contributed by atoms with E-state index in [0.717, 1.165) is 52.1 Å². The minimum atomic E-state index is -1.21. The smallest absolute Gasteiger partial charge is 0.335 e. The van der Waals surface area contributed by atoms with E-state index in [2.05, 4.69) is 11.2 Å². The SMILES string of the molecule is CCC(C)(OCCc1cc(-c2cccc(OC3CC3)c2)n(-c2cccc3cnn(C)c23)n1)C(=O)O. The first kappa shape index (κ1) is 23.1. The van der Waals surface area contributed by atoms with Crippen molar-refractivity contribution in [3.05, 3.63) is 60.4 Å². The van der Waals surface area contributed by atoms with Gasteiger partial charge in [-0.2, -0.15) is 10.2 Å². The average molecular weight is 475 g/mol. The molecule has 1 saturated carbocycles. The number of rotatable bonds is 10. The number of ether oxygens (including phenoxy) is 2. The minimum absolute atomic E-state index is 0.258. The van der Waals surface area contributed by atoms with Gasteiger partial charge in [-0.3, -0.25) is 4.68 Å². The number of nitrogens with zero attached hydrogens (tertiary/aromatic N) is 4. The zero-order chi connectivity index (χ0) is 24.6. The number of aromatic nitrogens is 4. The first-order valence-electron chi connectivity index (χ1n) is 12.0. The van der Waals surface area contributed by atoms with Crippen molar-refractivity contribution in [1.29, 1.82) is 0 Å². The molecule has 1 aliphatic carbocycles. The first-order valence-corrected chi connectivity index (χ1v) is 12.0. The number of carbonyl (C=O) groups is 1. The molecule has 0 saturated heterocycles. The minimum Gasteiger partial charge on any atom is -0.490 e. The number of aryl methyl sites for hydroxylation is 1. The highest BCUT2D eigenvalue weighted by Crippen LogP contribution is 2.32. The quantitative estimate of drug-likeness (QED) is 0.356. The number of para-hydroxylation sites is 1. The van der Waals surface area contributed by atoms with Crippen LogP contribution < -0.4 is 4.74 Å². The van der Waals surface area contributed by atoms with Crippen molar-refractivity contribution < 1.29 is 19.4 Å². The van der Waals surface area contributed by atoms with E-state index in [1.165, 1.54) is 0 Å². The second-order valence-electron chi connectivity index (χ2n) is 9.25. The highest BCUT2D eigenvalue weighted by Gasteiger charge is 2.32. The molecule has 1 aliphatic rings. The van der Waals surface area contributed by atoms with Crippen LogP contribution in [0.2, 0.25) is 0 Å². The summed E-state index contributed by atoms with van der Waals surface area (Å²) >= 11 is 0. The Labute approximate surface area is 204 Å². The van der Waals surface area contributed by atoms with Crippen LogP contribution in [0.3, 0.4) is 0 Å². The van der Waals surface area contributed by atoms with Gasteiger partial charge in [0.1, 0.15) is 5.75 Å². The fourth-order valence-corrected chi connectivity index (χ4v) is 4.13. The molecule has 2 heterocycles. The molecule has 0 aliphatic heterocycles. The molecule has 1 N–H and O–H groups in total. The van der Waals surface area contributed by atoms with Crippen molar-refractivity contribution in [2.24, 2.45) is 7.05 Å². The molecule has 182 valence electrons. The van der Waals surface area contributed by atoms with E-state index in [-0.39, 0.29) is 6.61 Å². The Kier molecular flexibility index (Phi) is 6.06. The lowest BCUT2D eigenvalue weighted by Crippen LogP contribution is -2.38. The van der Waals surface area contributed by atoms with Gasteiger partial charge in [0.05, 0.1) is 41.5 Å². The van der Waals surface area contributed by atoms with E-state index in [1.54, 1.807) is 6.92 Å². The second-order valence-corrected chi connectivity index (χ2v) is 9.25. The number of fused-ring (bicyclic) bond motifs is 1. The molecule has 1 fully saturated rings. The molecule has 0 radical (unpaired) electrons. The monoisotopic (exact) mass is 474 g/mol. The molecule has 4 aromatic rings. The summed E-state index contributed by atoms with van der Waals surface area (Å²) in [5.74, 6) is -0.108. The first-order chi connectivity index (χ1) is 16.9. The van der Waals surface area contributed by atoms with Crippen molar-refractivity contribution in [2.75, 3.05) is 6.61 Å². The Morgan fingerprint density at radius 1 is 1.20 bits per heavy atom. The fraction of sp³-hybridized carbons (Fsp3) is 0.370. The molecule has 35 heavy (non-hydrogen) atoms. The van der Waals surface area contributed by atoms with Crippen molar-refractivity contribution in [1.82, 2.24) is 19.6 Å². The third-order valence-corrected chi connectivity index (χ3v) is 6.59. The van der Waals surface area contributed by atoms with Gasteiger partial charge in [0, 0.05) is 24.4 Å². The van der Waals surface area contributed by atoms with Crippen LogP contribution in [-0.2, 0) is 23.0 Å². The third kappa shape index (κ3) is 4.66. The van der Waals surface area contributed by atoms with E-state index >= 15 is 0 Å². The maximum Gasteiger partial charge on any atom is 0.335 e. The van der Waals surface area contributed by atoms with Crippen LogP contribution in [0.25, 0.3) is 27.8 Å². The molecule has 5 rings (SSSR count). The van der Waals surface area contributed by atoms with Crippen LogP contribution in [-0.4, -0.2) is 48.9 Å². The summed E-state index contributed by atoms with van der Waals surface area (Å²) in [6, 6.07) is 16.2. The van der Waals surface area contributed by atoms with Crippen LogP contribution in [0.1, 0.15) is 38.8 Å². The van der Waals surface area contributed by atoms with Crippen LogP contribution >= 0.6 is 0 Å².